The average Bonchev–Trinajstić information content (AvgIpc) is 2.86. The molecule has 37 heavy (non-hydrogen) atoms. The summed E-state index contributed by atoms with van der Waals surface area (Å²) in [5, 5.41) is 15.5. The summed E-state index contributed by atoms with van der Waals surface area (Å²) in [6.45, 7) is 10.8. The highest BCUT2D eigenvalue weighted by atomic mass is 16.6. The maximum atomic E-state index is 14.0. The van der Waals surface area contributed by atoms with E-state index in [0.717, 1.165) is 44.1 Å². The van der Waals surface area contributed by atoms with Crippen LogP contribution in [0.4, 0.5) is 4.79 Å². The van der Waals surface area contributed by atoms with Crippen LogP contribution >= 0.6 is 0 Å². The molecule has 0 aliphatic heterocycles. The molecule has 1 aromatic carbocycles. The van der Waals surface area contributed by atoms with Crippen molar-refractivity contribution < 1.29 is 19.1 Å². The molecule has 8 nitrogen and oxygen atoms in total. The Bertz CT molecular complexity index is 942. The van der Waals surface area contributed by atoms with Crippen molar-refractivity contribution in [3.63, 3.8) is 0 Å². The van der Waals surface area contributed by atoms with E-state index in [1.165, 1.54) is 4.90 Å². The van der Waals surface area contributed by atoms with E-state index in [9.17, 15) is 19.6 Å². The average molecular weight is 513 g/mol. The molecule has 2 rings (SSSR count). The van der Waals surface area contributed by atoms with Gasteiger partial charge in [-0.2, -0.15) is 5.26 Å². The van der Waals surface area contributed by atoms with E-state index in [0.29, 0.717) is 12.0 Å². The molecular formula is C29H44N4O4. The quantitative estimate of drug-likeness (QED) is 0.427. The third kappa shape index (κ3) is 9.07. The molecule has 3 atom stereocenters. The van der Waals surface area contributed by atoms with Crippen LogP contribution in [-0.2, 0) is 20.7 Å². The van der Waals surface area contributed by atoms with Crippen molar-refractivity contribution >= 4 is 17.9 Å². The van der Waals surface area contributed by atoms with Crippen LogP contribution in [-0.4, -0.2) is 47.0 Å². The Morgan fingerprint density at radius 1 is 1.11 bits per heavy atom. The summed E-state index contributed by atoms with van der Waals surface area (Å²) in [5.74, 6) is -1.03. The van der Waals surface area contributed by atoms with Gasteiger partial charge in [0, 0.05) is 6.04 Å². The fourth-order valence-corrected chi connectivity index (χ4v) is 4.60. The van der Waals surface area contributed by atoms with Crippen molar-refractivity contribution in [2.45, 2.75) is 110 Å². The van der Waals surface area contributed by atoms with Crippen molar-refractivity contribution in [2.24, 2.45) is 5.92 Å². The molecule has 1 fully saturated rings. The van der Waals surface area contributed by atoms with Crippen LogP contribution in [0.1, 0.15) is 97.2 Å². The summed E-state index contributed by atoms with van der Waals surface area (Å²) in [4.78, 5) is 41.7. The van der Waals surface area contributed by atoms with Gasteiger partial charge in [-0.05, 0) is 57.1 Å². The van der Waals surface area contributed by atoms with Gasteiger partial charge in [-0.15, -0.1) is 0 Å². The van der Waals surface area contributed by atoms with Gasteiger partial charge < -0.3 is 20.3 Å². The lowest BCUT2D eigenvalue weighted by Gasteiger charge is -2.35. The Hall–Kier alpha value is -3.08. The van der Waals surface area contributed by atoms with Crippen LogP contribution in [0.3, 0.4) is 0 Å². The lowest BCUT2D eigenvalue weighted by molar-refractivity contribution is -0.143. The molecule has 8 heteroatoms. The molecule has 0 saturated heterocycles. The van der Waals surface area contributed by atoms with Gasteiger partial charge in [0.2, 0.25) is 11.8 Å². The number of nitriles is 1. The predicted molar refractivity (Wildman–Crippen MR) is 144 cm³/mol. The van der Waals surface area contributed by atoms with Crippen LogP contribution in [0.2, 0.25) is 0 Å². The summed E-state index contributed by atoms with van der Waals surface area (Å²) >= 11 is 0. The molecule has 1 aromatic rings. The predicted octanol–water partition coefficient (Wildman–Crippen LogP) is 5.03. The fourth-order valence-electron chi connectivity index (χ4n) is 4.60. The van der Waals surface area contributed by atoms with Gasteiger partial charge in [-0.1, -0.05) is 70.7 Å². The smallest absolute Gasteiger partial charge is 0.408 e. The number of amides is 3. The maximum Gasteiger partial charge on any atom is 0.408 e. The maximum absolute atomic E-state index is 14.0. The number of carbonyl (C=O) groups is 3. The van der Waals surface area contributed by atoms with Gasteiger partial charge in [-0.25, -0.2) is 4.79 Å². The Balaban J connectivity index is 2.45. The van der Waals surface area contributed by atoms with E-state index in [-0.39, 0.29) is 24.4 Å². The largest absolute Gasteiger partial charge is 0.444 e. The Morgan fingerprint density at radius 3 is 2.24 bits per heavy atom. The Morgan fingerprint density at radius 2 is 1.73 bits per heavy atom. The SMILES string of the molecule is CCc1ccc(C(C(=O)NC2CCCCC2)N(CC#N)C(=O)C(NC(=O)OC(C)(C)C)C(C)CC)cc1. The first kappa shape index (κ1) is 30.1. The number of carbonyl (C=O) groups excluding carboxylic acids is 3. The third-order valence-electron chi connectivity index (χ3n) is 6.89. The van der Waals surface area contributed by atoms with Gasteiger partial charge in [0.15, 0.2) is 0 Å². The monoisotopic (exact) mass is 512 g/mol. The molecule has 3 unspecified atom stereocenters. The van der Waals surface area contributed by atoms with Crippen LogP contribution in [0.15, 0.2) is 24.3 Å². The number of rotatable bonds is 10. The molecule has 204 valence electrons. The molecule has 0 spiro atoms. The summed E-state index contributed by atoms with van der Waals surface area (Å²) in [5.41, 5.74) is 1.01. The van der Waals surface area contributed by atoms with E-state index in [2.05, 4.69) is 16.7 Å². The minimum absolute atomic E-state index is 0.0444. The van der Waals surface area contributed by atoms with Crippen LogP contribution < -0.4 is 10.6 Å². The van der Waals surface area contributed by atoms with E-state index < -0.39 is 29.7 Å². The Kier molecular flexibility index (Phi) is 11.4. The zero-order chi connectivity index (χ0) is 27.6. The van der Waals surface area contributed by atoms with Gasteiger partial charge >= 0.3 is 6.09 Å². The van der Waals surface area contributed by atoms with Crippen LogP contribution in [0, 0.1) is 17.2 Å². The van der Waals surface area contributed by atoms with Crippen molar-refractivity contribution in [1.29, 1.82) is 5.26 Å². The molecule has 2 N–H and O–H groups in total. The second-order valence-corrected chi connectivity index (χ2v) is 11.0. The molecule has 1 aliphatic carbocycles. The first-order valence-corrected chi connectivity index (χ1v) is 13.6. The second-order valence-electron chi connectivity index (χ2n) is 11.0. The molecular weight excluding hydrogens is 468 g/mol. The molecule has 0 aromatic heterocycles. The summed E-state index contributed by atoms with van der Waals surface area (Å²) in [6, 6.07) is 7.74. The van der Waals surface area contributed by atoms with Crippen LogP contribution in [0.25, 0.3) is 0 Å². The van der Waals surface area contributed by atoms with E-state index in [4.69, 9.17) is 4.74 Å². The van der Waals surface area contributed by atoms with Crippen molar-refractivity contribution in [1.82, 2.24) is 15.5 Å². The minimum Gasteiger partial charge on any atom is -0.444 e. The summed E-state index contributed by atoms with van der Waals surface area (Å²) in [7, 11) is 0. The van der Waals surface area contributed by atoms with Crippen molar-refractivity contribution in [3.8, 4) is 6.07 Å². The molecule has 0 heterocycles. The zero-order valence-electron chi connectivity index (χ0n) is 23.3. The fraction of sp³-hybridized carbons (Fsp3) is 0.655. The highest BCUT2D eigenvalue weighted by Crippen LogP contribution is 2.26. The minimum atomic E-state index is -0.994. The molecule has 3 amide bonds. The van der Waals surface area contributed by atoms with E-state index >= 15 is 0 Å². The molecule has 1 saturated carbocycles. The molecule has 0 radical (unpaired) electrons. The van der Waals surface area contributed by atoms with Crippen LogP contribution in [0.5, 0.6) is 0 Å². The van der Waals surface area contributed by atoms with Gasteiger partial charge in [-0.3, -0.25) is 9.59 Å². The topological polar surface area (TPSA) is 112 Å². The van der Waals surface area contributed by atoms with Gasteiger partial charge in [0.1, 0.15) is 24.2 Å². The lowest BCUT2D eigenvalue weighted by Crippen LogP contribution is -2.55. The number of aryl methyl sites for hydroxylation is 1. The molecule has 0 bridgehead atoms. The summed E-state index contributed by atoms with van der Waals surface area (Å²) in [6.07, 6.45) is 5.80. The van der Waals surface area contributed by atoms with E-state index in [1.54, 1.807) is 20.8 Å². The second kappa shape index (κ2) is 14.0. The number of nitrogens with one attached hydrogen (secondary N) is 2. The number of benzene rings is 1. The first-order chi connectivity index (χ1) is 17.5. The molecule has 1 aliphatic rings. The van der Waals surface area contributed by atoms with E-state index in [1.807, 2.05) is 45.0 Å². The summed E-state index contributed by atoms with van der Waals surface area (Å²) < 4.78 is 5.41. The Labute approximate surface area is 222 Å². The third-order valence-corrected chi connectivity index (χ3v) is 6.89. The number of alkyl carbamates (subject to hydrolysis) is 1. The number of hydrogen-bond donors (Lipinski definition) is 2. The first-order valence-electron chi connectivity index (χ1n) is 13.6. The standard InChI is InChI=1S/C29H44N4O4/c1-7-20(3)24(32-28(36)37-29(4,5)6)27(35)33(19-18-30)25(22-16-14-21(8-2)15-17-22)26(34)31-23-12-10-9-11-13-23/h14-17,20,23-25H,7-13,19H2,1-6H3,(H,31,34)(H,32,36). The van der Waals surface area contributed by atoms with Crippen molar-refractivity contribution in [2.75, 3.05) is 6.54 Å². The number of ether oxygens (including phenoxy) is 1. The normalized spacial score (nSPS) is 16.6. The zero-order valence-corrected chi connectivity index (χ0v) is 23.3. The lowest BCUT2D eigenvalue weighted by atomic mass is 9.93. The van der Waals surface area contributed by atoms with Gasteiger partial charge in [0.25, 0.3) is 0 Å². The highest BCUT2D eigenvalue weighted by molar-refractivity contribution is 5.92. The number of hydrogen-bond acceptors (Lipinski definition) is 5. The van der Waals surface area contributed by atoms with Crippen molar-refractivity contribution in [3.05, 3.63) is 35.4 Å². The number of nitrogens with zero attached hydrogens (tertiary/aromatic N) is 2. The van der Waals surface area contributed by atoms with Gasteiger partial charge in [0.05, 0.1) is 6.07 Å². The highest BCUT2D eigenvalue weighted by Gasteiger charge is 2.38.